The number of rotatable bonds is 7. The van der Waals surface area contributed by atoms with Crippen LogP contribution in [0.2, 0.25) is 5.02 Å². The van der Waals surface area contributed by atoms with E-state index in [9.17, 15) is 19.2 Å². The highest BCUT2D eigenvalue weighted by Gasteiger charge is 2.44. The molecule has 0 spiro atoms. The quantitative estimate of drug-likeness (QED) is 0.377. The van der Waals surface area contributed by atoms with Gasteiger partial charge in [0, 0.05) is 18.7 Å². The van der Waals surface area contributed by atoms with Crippen LogP contribution in [-0.4, -0.2) is 66.2 Å². The molecular weight excluding hydrogens is 476 g/mol. The van der Waals surface area contributed by atoms with Crippen molar-refractivity contribution in [2.45, 2.75) is 71.4 Å². The van der Waals surface area contributed by atoms with E-state index in [4.69, 9.17) is 26.8 Å². The van der Waals surface area contributed by atoms with Crippen LogP contribution >= 0.6 is 11.6 Å². The number of nitrogens with zero attached hydrogens (tertiary/aromatic N) is 1. The molecule has 0 aromatic heterocycles. The molecule has 35 heavy (non-hydrogen) atoms. The molecule has 0 bridgehead atoms. The first kappa shape index (κ1) is 26.7. The number of amides is 3. The number of carbonyl (C=O) groups is 4. The summed E-state index contributed by atoms with van der Waals surface area (Å²) < 4.78 is 10.5. The third-order valence-corrected chi connectivity index (χ3v) is 6.44. The molecule has 2 fully saturated rings. The molecule has 11 heteroatoms. The number of ether oxygens (including phenoxy) is 2. The van der Waals surface area contributed by atoms with Crippen molar-refractivity contribution in [1.82, 2.24) is 15.5 Å². The summed E-state index contributed by atoms with van der Waals surface area (Å²) in [6.45, 7) is 7.98. The number of hydrogen-bond acceptors (Lipinski definition) is 7. The molecule has 0 saturated carbocycles. The second-order valence-corrected chi connectivity index (χ2v) is 10.2. The summed E-state index contributed by atoms with van der Waals surface area (Å²) in [6, 6.07) is 2.26. The van der Waals surface area contributed by atoms with Gasteiger partial charge in [-0.2, -0.15) is 0 Å². The summed E-state index contributed by atoms with van der Waals surface area (Å²) in [6.07, 6.45) is 0.255. The number of esters is 1. The summed E-state index contributed by atoms with van der Waals surface area (Å²) in [5, 5.41) is 5.86. The monoisotopic (exact) mass is 508 g/mol. The fourth-order valence-corrected chi connectivity index (χ4v) is 4.43. The average molecular weight is 509 g/mol. The third kappa shape index (κ3) is 6.24. The topological polar surface area (TPSA) is 140 Å². The number of hydrogen-bond donors (Lipinski definition) is 3. The lowest BCUT2D eigenvalue weighted by Gasteiger charge is -2.35. The minimum atomic E-state index is -0.896. The van der Waals surface area contributed by atoms with Crippen LogP contribution in [0, 0.1) is 5.41 Å². The van der Waals surface area contributed by atoms with Crippen LogP contribution in [0.3, 0.4) is 0 Å². The minimum absolute atomic E-state index is 0.00188. The van der Waals surface area contributed by atoms with Gasteiger partial charge in [0.05, 0.1) is 17.1 Å². The summed E-state index contributed by atoms with van der Waals surface area (Å²) >= 11 is 6.05. The molecule has 3 amide bonds. The Balaban J connectivity index is 1.74. The zero-order valence-electron chi connectivity index (χ0n) is 20.4. The molecule has 192 valence electrons. The maximum atomic E-state index is 13.6. The molecule has 0 aliphatic carbocycles. The van der Waals surface area contributed by atoms with Crippen molar-refractivity contribution in [2.24, 2.45) is 5.41 Å². The first-order chi connectivity index (χ1) is 16.4. The van der Waals surface area contributed by atoms with E-state index in [0.717, 1.165) is 0 Å². The molecule has 2 heterocycles. The normalized spacial score (nSPS) is 23.1. The SMILES string of the molecule is CCO[C@H]1OC(=O)C[C@H]1NC(=O)[C@@H]1CCCN1C(=O)[C@H](NC(=O)c1ccc(N)c(Cl)c1)C(C)(C)C. The molecule has 1 aromatic carbocycles. The number of carbonyl (C=O) groups excluding carboxylic acids is 4. The molecule has 2 aliphatic heterocycles. The molecule has 4 N–H and O–H groups in total. The van der Waals surface area contributed by atoms with Gasteiger partial charge in [0.1, 0.15) is 18.1 Å². The Hall–Kier alpha value is -2.85. The van der Waals surface area contributed by atoms with E-state index in [1.54, 1.807) is 6.92 Å². The van der Waals surface area contributed by atoms with E-state index in [1.807, 2.05) is 20.8 Å². The second-order valence-electron chi connectivity index (χ2n) is 9.83. The van der Waals surface area contributed by atoms with Gasteiger partial charge in [-0.25, -0.2) is 0 Å². The number of nitrogens with one attached hydrogen (secondary N) is 2. The van der Waals surface area contributed by atoms with Crippen LogP contribution in [-0.2, 0) is 23.9 Å². The number of anilines is 1. The Labute approximate surface area is 209 Å². The highest BCUT2D eigenvalue weighted by molar-refractivity contribution is 6.33. The Morgan fingerprint density at radius 1 is 1.31 bits per heavy atom. The molecule has 2 saturated heterocycles. The van der Waals surface area contributed by atoms with E-state index < -0.39 is 41.7 Å². The van der Waals surface area contributed by atoms with Gasteiger partial charge in [-0.1, -0.05) is 32.4 Å². The van der Waals surface area contributed by atoms with Gasteiger partial charge in [-0.05, 0) is 43.4 Å². The smallest absolute Gasteiger partial charge is 0.310 e. The van der Waals surface area contributed by atoms with E-state index in [-0.39, 0.29) is 28.8 Å². The van der Waals surface area contributed by atoms with Crippen molar-refractivity contribution in [3.05, 3.63) is 28.8 Å². The number of nitrogens with two attached hydrogens (primary N) is 1. The Kier molecular flexibility index (Phi) is 8.27. The number of nitrogen functional groups attached to an aromatic ring is 1. The highest BCUT2D eigenvalue weighted by Crippen LogP contribution is 2.27. The van der Waals surface area contributed by atoms with E-state index in [2.05, 4.69) is 10.6 Å². The lowest BCUT2D eigenvalue weighted by atomic mass is 9.85. The van der Waals surface area contributed by atoms with Crippen LogP contribution < -0.4 is 16.4 Å². The van der Waals surface area contributed by atoms with E-state index in [0.29, 0.717) is 31.7 Å². The molecule has 3 rings (SSSR count). The van der Waals surface area contributed by atoms with Crippen molar-refractivity contribution in [3.8, 4) is 0 Å². The summed E-state index contributed by atoms with van der Waals surface area (Å²) in [4.78, 5) is 52.9. The lowest BCUT2D eigenvalue weighted by molar-refractivity contribution is -0.164. The van der Waals surface area contributed by atoms with Gasteiger partial charge in [-0.3, -0.25) is 19.2 Å². The van der Waals surface area contributed by atoms with E-state index >= 15 is 0 Å². The second kappa shape index (κ2) is 10.8. The highest BCUT2D eigenvalue weighted by atomic mass is 35.5. The molecule has 1 aromatic rings. The van der Waals surface area contributed by atoms with Crippen molar-refractivity contribution in [1.29, 1.82) is 0 Å². The van der Waals surface area contributed by atoms with Gasteiger partial charge in [0.2, 0.25) is 18.1 Å². The predicted molar refractivity (Wildman–Crippen MR) is 129 cm³/mol. The Bertz CT molecular complexity index is 995. The summed E-state index contributed by atoms with van der Waals surface area (Å²) in [5.74, 6) is -1.66. The fourth-order valence-electron chi connectivity index (χ4n) is 4.25. The van der Waals surface area contributed by atoms with Gasteiger partial charge >= 0.3 is 5.97 Å². The average Bonchev–Trinajstić information content (AvgIpc) is 3.39. The zero-order valence-corrected chi connectivity index (χ0v) is 21.2. The molecule has 0 unspecified atom stereocenters. The summed E-state index contributed by atoms with van der Waals surface area (Å²) in [7, 11) is 0. The standard InChI is InChI=1S/C24H33ClN4O6/c1-5-34-23-16(12-18(30)35-23)27-21(32)17-7-6-10-29(17)22(33)19(24(2,3)4)28-20(31)13-8-9-15(26)14(25)11-13/h8-9,11,16-17,19,23H,5-7,10,12,26H2,1-4H3,(H,27,32)(H,28,31)/t16-,17+,19+,23+/m1/s1. The Morgan fingerprint density at radius 3 is 2.66 bits per heavy atom. The van der Waals surface area contributed by atoms with Gasteiger partial charge < -0.3 is 30.7 Å². The third-order valence-electron chi connectivity index (χ3n) is 6.11. The van der Waals surface area contributed by atoms with Crippen LogP contribution in [0.25, 0.3) is 0 Å². The molecule has 0 radical (unpaired) electrons. The van der Waals surface area contributed by atoms with Crippen LogP contribution in [0.5, 0.6) is 0 Å². The maximum absolute atomic E-state index is 13.6. The number of likely N-dealkylation sites (tertiary alicyclic amines) is 1. The number of cyclic esters (lactones) is 1. The van der Waals surface area contributed by atoms with E-state index in [1.165, 1.54) is 23.1 Å². The number of benzene rings is 1. The van der Waals surface area contributed by atoms with Crippen molar-refractivity contribution < 1.29 is 28.7 Å². The number of halogens is 1. The van der Waals surface area contributed by atoms with Crippen LogP contribution in [0.15, 0.2) is 18.2 Å². The molecule has 4 atom stereocenters. The first-order valence-corrected chi connectivity index (χ1v) is 12.1. The van der Waals surface area contributed by atoms with Crippen molar-refractivity contribution >= 4 is 41.0 Å². The molecule has 2 aliphatic rings. The Morgan fingerprint density at radius 2 is 2.03 bits per heavy atom. The summed E-state index contributed by atoms with van der Waals surface area (Å²) in [5.41, 5.74) is 5.71. The first-order valence-electron chi connectivity index (χ1n) is 11.7. The predicted octanol–water partition coefficient (Wildman–Crippen LogP) is 1.85. The molecular formula is C24H33ClN4O6. The minimum Gasteiger partial charge on any atom is -0.433 e. The van der Waals surface area contributed by atoms with Gasteiger partial charge in [0.15, 0.2) is 0 Å². The van der Waals surface area contributed by atoms with Gasteiger partial charge in [-0.15, -0.1) is 0 Å². The maximum Gasteiger partial charge on any atom is 0.310 e. The fraction of sp³-hybridized carbons (Fsp3) is 0.583. The zero-order chi connectivity index (χ0) is 25.9. The van der Waals surface area contributed by atoms with Crippen molar-refractivity contribution in [3.63, 3.8) is 0 Å². The van der Waals surface area contributed by atoms with Gasteiger partial charge in [0.25, 0.3) is 5.91 Å². The lowest BCUT2D eigenvalue weighted by Crippen LogP contribution is -2.58. The van der Waals surface area contributed by atoms with Crippen LogP contribution in [0.1, 0.15) is 57.3 Å². The van der Waals surface area contributed by atoms with Crippen molar-refractivity contribution in [2.75, 3.05) is 18.9 Å². The molecule has 10 nitrogen and oxygen atoms in total. The largest absolute Gasteiger partial charge is 0.433 e. The van der Waals surface area contributed by atoms with Crippen LogP contribution in [0.4, 0.5) is 5.69 Å².